The molecule has 2 N–H and O–H groups in total. The summed E-state index contributed by atoms with van der Waals surface area (Å²) in [6.07, 6.45) is -0.553. The zero-order valence-electron chi connectivity index (χ0n) is 19.4. The first-order valence-corrected chi connectivity index (χ1v) is 11.4. The molecular weight excluding hydrogens is 420 g/mol. The lowest BCUT2D eigenvalue weighted by atomic mass is 9.98. The quantitative estimate of drug-likeness (QED) is 0.561. The molecule has 2 amide bonds. The van der Waals surface area contributed by atoms with Crippen LogP contribution in [0.1, 0.15) is 50.7 Å². The molecule has 1 atom stereocenters. The fourth-order valence-electron chi connectivity index (χ4n) is 4.38. The Balaban J connectivity index is 1.70. The van der Waals surface area contributed by atoms with Crippen LogP contribution >= 0.6 is 0 Å². The number of benzene rings is 2. The number of aliphatic carboxylic acids is 1. The Morgan fingerprint density at radius 2 is 1.61 bits per heavy atom. The van der Waals surface area contributed by atoms with Gasteiger partial charge in [-0.15, -0.1) is 0 Å². The van der Waals surface area contributed by atoms with Gasteiger partial charge in [-0.2, -0.15) is 0 Å². The average Bonchev–Trinajstić information content (AvgIpc) is 3.09. The van der Waals surface area contributed by atoms with Gasteiger partial charge in [0.05, 0.1) is 6.42 Å². The molecule has 1 aliphatic carbocycles. The van der Waals surface area contributed by atoms with Crippen LogP contribution in [0.5, 0.6) is 0 Å². The van der Waals surface area contributed by atoms with Crippen molar-refractivity contribution in [2.24, 2.45) is 5.92 Å². The van der Waals surface area contributed by atoms with Crippen LogP contribution in [0.15, 0.2) is 48.5 Å². The van der Waals surface area contributed by atoms with Gasteiger partial charge >= 0.3 is 12.1 Å². The van der Waals surface area contributed by atoms with Gasteiger partial charge in [0.2, 0.25) is 5.91 Å². The maximum atomic E-state index is 13.0. The van der Waals surface area contributed by atoms with Gasteiger partial charge in [0.15, 0.2) is 0 Å². The highest BCUT2D eigenvalue weighted by atomic mass is 16.5. The number of amides is 2. The summed E-state index contributed by atoms with van der Waals surface area (Å²) in [4.78, 5) is 38.6. The van der Waals surface area contributed by atoms with Crippen LogP contribution in [0.3, 0.4) is 0 Å². The van der Waals surface area contributed by atoms with Gasteiger partial charge in [-0.05, 0) is 34.6 Å². The molecular formula is C26H32N2O5. The molecule has 0 saturated heterocycles. The Morgan fingerprint density at radius 1 is 1.03 bits per heavy atom. The minimum atomic E-state index is -1.18. The van der Waals surface area contributed by atoms with Crippen molar-refractivity contribution in [2.45, 2.75) is 45.6 Å². The van der Waals surface area contributed by atoms with Crippen LogP contribution < -0.4 is 5.32 Å². The van der Waals surface area contributed by atoms with Crippen molar-refractivity contribution in [3.63, 3.8) is 0 Å². The van der Waals surface area contributed by atoms with Gasteiger partial charge in [0.1, 0.15) is 12.6 Å². The smallest absolute Gasteiger partial charge is 0.407 e. The summed E-state index contributed by atoms with van der Waals surface area (Å²) < 4.78 is 5.51. The minimum Gasteiger partial charge on any atom is -0.481 e. The topological polar surface area (TPSA) is 95.9 Å². The number of nitrogens with one attached hydrogen (secondary N) is 1. The predicted octanol–water partition coefficient (Wildman–Crippen LogP) is 4.26. The van der Waals surface area contributed by atoms with E-state index in [9.17, 15) is 19.5 Å². The van der Waals surface area contributed by atoms with E-state index in [1.807, 2.05) is 69.3 Å². The third-order valence-corrected chi connectivity index (χ3v) is 5.70. The van der Waals surface area contributed by atoms with E-state index < -0.39 is 30.4 Å². The van der Waals surface area contributed by atoms with Crippen molar-refractivity contribution in [3.05, 3.63) is 59.7 Å². The van der Waals surface area contributed by atoms with E-state index in [4.69, 9.17) is 4.74 Å². The molecule has 3 rings (SSSR count). The van der Waals surface area contributed by atoms with Gasteiger partial charge < -0.3 is 20.1 Å². The summed E-state index contributed by atoms with van der Waals surface area (Å²) in [7, 11) is 0. The minimum absolute atomic E-state index is 0.0957. The van der Waals surface area contributed by atoms with E-state index in [1.165, 1.54) is 0 Å². The molecule has 0 aliphatic heterocycles. The Morgan fingerprint density at radius 3 is 2.12 bits per heavy atom. The number of hydrogen-bond donors (Lipinski definition) is 2. The summed E-state index contributed by atoms with van der Waals surface area (Å²) in [5, 5.41) is 11.8. The highest BCUT2D eigenvalue weighted by Crippen LogP contribution is 2.44. The van der Waals surface area contributed by atoms with Crippen LogP contribution in [0.2, 0.25) is 0 Å². The summed E-state index contributed by atoms with van der Waals surface area (Å²) >= 11 is 0. The Kier molecular flexibility index (Phi) is 8.09. The highest BCUT2D eigenvalue weighted by Gasteiger charge is 2.31. The summed E-state index contributed by atoms with van der Waals surface area (Å²) in [5.41, 5.74) is 4.39. The fourth-order valence-corrected chi connectivity index (χ4v) is 4.38. The fraction of sp³-hybridized carbons (Fsp3) is 0.423. The maximum Gasteiger partial charge on any atom is 0.407 e. The van der Waals surface area contributed by atoms with E-state index in [-0.39, 0.29) is 18.4 Å². The summed E-state index contributed by atoms with van der Waals surface area (Å²) in [5.74, 6) is -1.45. The van der Waals surface area contributed by atoms with E-state index >= 15 is 0 Å². The number of hydrogen-bond acceptors (Lipinski definition) is 4. The van der Waals surface area contributed by atoms with E-state index in [0.29, 0.717) is 13.1 Å². The number of ether oxygens (including phenoxy) is 1. The largest absolute Gasteiger partial charge is 0.481 e. The third kappa shape index (κ3) is 5.92. The Labute approximate surface area is 194 Å². The second kappa shape index (κ2) is 11.0. The normalized spacial score (nSPS) is 13.2. The molecule has 2 aromatic carbocycles. The number of carboxylic acid groups (broad SMARTS) is 1. The van der Waals surface area contributed by atoms with Crippen LogP contribution in [-0.2, 0) is 14.3 Å². The Hall–Kier alpha value is -3.35. The molecule has 2 aromatic rings. The van der Waals surface area contributed by atoms with Crippen molar-refractivity contribution in [1.82, 2.24) is 10.2 Å². The van der Waals surface area contributed by atoms with Gasteiger partial charge in [-0.1, -0.05) is 69.3 Å². The van der Waals surface area contributed by atoms with Gasteiger partial charge in [0.25, 0.3) is 0 Å². The molecule has 7 heteroatoms. The van der Waals surface area contributed by atoms with Crippen LogP contribution in [0.4, 0.5) is 4.79 Å². The number of fused-ring (bicyclic) bond motifs is 3. The maximum absolute atomic E-state index is 13.0. The van der Waals surface area contributed by atoms with E-state index in [2.05, 4.69) is 5.32 Å². The van der Waals surface area contributed by atoms with Crippen molar-refractivity contribution < 1.29 is 24.2 Å². The average molecular weight is 453 g/mol. The molecule has 0 heterocycles. The van der Waals surface area contributed by atoms with Gasteiger partial charge in [-0.3, -0.25) is 9.59 Å². The number of nitrogens with zero attached hydrogens (tertiary/aromatic N) is 1. The first kappa shape index (κ1) is 24.3. The number of alkyl carbamates (subject to hydrolysis) is 1. The molecule has 1 unspecified atom stereocenters. The molecule has 1 aliphatic rings. The summed E-state index contributed by atoms with van der Waals surface area (Å²) in [6.45, 7) is 7.02. The van der Waals surface area contributed by atoms with Gasteiger partial charge in [0, 0.05) is 19.0 Å². The molecule has 0 saturated carbocycles. The highest BCUT2D eigenvalue weighted by molar-refractivity contribution is 5.89. The monoisotopic (exact) mass is 452 g/mol. The van der Waals surface area contributed by atoms with E-state index in [1.54, 1.807) is 4.90 Å². The van der Waals surface area contributed by atoms with Crippen molar-refractivity contribution in [1.29, 1.82) is 0 Å². The van der Waals surface area contributed by atoms with Gasteiger partial charge in [-0.25, -0.2) is 4.79 Å². The first-order chi connectivity index (χ1) is 15.8. The standard InChI is InChI=1S/C26H32N2O5/c1-4-13-28(15-17(2)3)25(31)23(14-24(29)30)27-26(32)33-16-22-20-11-7-5-9-18(20)19-10-6-8-12-21(19)22/h5-12,17,22-23H,4,13-16H2,1-3H3,(H,27,32)(H,29,30). The molecule has 0 radical (unpaired) electrons. The van der Waals surface area contributed by atoms with Crippen molar-refractivity contribution in [3.8, 4) is 11.1 Å². The SMILES string of the molecule is CCCN(CC(C)C)C(=O)C(CC(=O)O)NC(=O)OCC1c2ccccc2-c2ccccc21. The zero-order valence-corrected chi connectivity index (χ0v) is 19.4. The second-order valence-corrected chi connectivity index (χ2v) is 8.80. The lowest BCUT2D eigenvalue weighted by molar-refractivity contribution is -0.142. The van der Waals surface area contributed by atoms with Crippen LogP contribution in [0.25, 0.3) is 11.1 Å². The summed E-state index contributed by atoms with van der Waals surface area (Å²) in [6, 6.07) is 14.8. The molecule has 0 aromatic heterocycles. The van der Waals surface area contributed by atoms with Crippen molar-refractivity contribution in [2.75, 3.05) is 19.7 Å². The number of rotatable bonds is 10. The lowest BCUT2D eigenvalue weighted by Gasteiger charge is -2.28. The molecule has 176 valence electrons. The first-order valence-electron chi connectivity index (χ1n) is 11.4. The molecule has 0 bridgehead atoms. The lowest BCUT2D eigenvalue weighted by Crippen LogP contribution is -2.50. The molecule has 33 heavy (non-hydrogen) atoms. The molecule has 7 nitrogen and oxygen atoms in total. The number of carboxylic acids is 1. The third-order valence-electron chi connectivity index (χ3n) is 5.70. The Bertz CT molecular complexity index is 958. The zero-order chi connectivity index (χ0) is 24.0. The van der Waals surface area contributed by atoms with Crippen LogP contribution in [0, 0.1) is 5.92 Å². The van der Waals surface area contributed by atoms with Crippen LogP contribution in [-0.4, -0.2) is 53.7 Å². The molecule has 0 spiro atoms. The van der Waals surface area contributed by atoms with Crippen molar-refractivity contribution >= 4 is 18.0 Å². The number of carbonyl (C=O) groups is 3. The molecule has 0 fully saturated rings. The number of carbonyl (C=O) groups excluding carboxylic acids is 2. The predicted molar refractivity (Wildman–Crippen MR) is 126 cm³/mol. The second-order valence-electron chi connectivity index (χ2n) is 8.80. The van der Waals surface area contributed by atoms with E-state index in [0.717, 1.165) is 28.7 Å².